The van der Waals surface area contributed by atoms with E-state index in [9.17, 15) is 9.59 Å². The fourth-order valence-corrected chi connectivity index (χ4v) is 6.70. The SMILES string of the molecule is Cc1sc(N)c(C(=O)c2cc3ccccc3o2)c1C.Nc1sc2c(c1C(=O)c1ccccn1)CCCC2. The van der Waals surface area contributed by atoms with E-state index in [2.05, 4.69) is 4.98 Å². The molecule has 6 rings (SSSR count). The summed E-state index contributed by atoms with van der Waals surface area (Å²) in [7, 11) is 0. The number of para-hydroxylation sites is 1. The number of rotatable bonds is 4. The zero-order chi connectivity index (χ0) is 26.1. The third-order valence-electron chi connectivity index (χ3n) is 6.61. The number of anilines is 2. The van der Waals surface area contributed by atoms with Crippen molar-refractivity contribution < 1.29 is 14.0 Å². The third kappa shape index (κ3) is 4.82. The molecular weight excluding hydrogens is 502 g/mol. The maximum atomic E-state index is 12.5. The average Bonchev–Trinajstić information content (AvgIpc) is 3.56. The van der Waals surface area contributed by atoms with Gasteiger partial charge in [-0.2, -0.15) is 0 Å². The molecule has 37 heavy (non-hydrogen) atoms. The van der Waals surface area contributed by atoms with Crippen LogP contribution in [0.15, 0.2) is 59.1 Å². The molecule has 6 nitrogen and oxygen atoms in total. The van der Waals surface area contributed by atoms with Crippen LogP contribution >= 0.6 is 22.7 Å². The predicted molar refractivity (Wildman–Crippen MR) is 151 cm³/mol. The molecule has 0 radical (unpaired) electrons. The van der Waals surface area contributed by atoms with Crippen molar-refractivity contribution in [2.24, 2.45) is 0 Å². The molecule has 0 amide bonds. The lowest BCUT2D eigenvalue weighted by molar-refractivity contribution is 0.101. The van der Waals surface area contributed by atoms with Gasteiger partial charge in [0.25, 0.3) is 0 Å². The van der Waals surface area contributed by atoms with Crippen LogP contribution in [-0.2, 0) is 12.8 Å². The maximum absolute atomic E-state index is 12.5. The minimum absolute atomic E-state index is 0.0347. The van der Waals surface area contributed by atoms with Crippen LogP contribution in [0.3, 0.4) is 0 Å². The summed E-state index contributed by atoms with van der Waals surface area (Å²) < 4.78 is 5.60. The van der Waals surface area contributed by atoms with Gasteiger partial charge in [-0.15, -0.1) is 22.7 Å². The molecule has 0 unspecified atom stereocenters. The standard InChI is InChI=1S/C15H13NO2S.C14H14N2OS/c1-8-9(2)19-15(16)13(8)14(17)12-7-10-5-3-4-6-11(10)18-12;15-14-12(9-5-1-2-7-11(9)18-14)13(17)10-6-3-4-8-16-10/h3-7H,16H2,1-2H3;3-4,6,8H,1-2,5,7,15H2. The molecule has 0 aliphatic heterocycles. The van der Waals surface area contributed by atoms with Crippen molar-refractivity contribution in [1.82, 2.24) is 4.98 Å². The number of thiophene rings is 2. The lowest BCUT2D eigenvalue weighted by atomic mass is 9.93. The topological polar surface area (TPSA) is 112 Å². The number of furan rings is 1. The first kappa shape index (κ1) is 24.9. The number of nitrogen functional groups attached to an aromatic ring is 2. The maximum Gasteiger partial charge on any atom is 0.231 e. The number of benzene rings is 1. The molecule has 5 aromatic rings. The van der Waals surface area contributed by atoms with Crippen LogP contribution in [-0.4, -0.2) is 16.6 Å². The minimum atomic E-state index is -0.143. The Morgan fingerprint density at radius 2 is 1.62 bits per heavy atom. The van der Waals surface area contributed by atoms with Crippen molar-refractivity contribution in [3.8, 4) is 0 Å². The van der Waals surface area contributed by atoms with Crippen LogP contribution in [0.25, 0.3) is 11.0 Å². The van der Waals surface area contributed by atoms with Crippen molar-refractivity contribution >= 4 is 55.2 Å². The first-order valence-corrected chi connectivity index (χ1v) is 13.7. The van der Waals surface area contributed by atoms with Gasteiger partial charge < -0.3 is 15.9 Å². The van der Waals surface area contributed by atoms with Gasteiger partial charge in [0, 0.05) is 21.3 Å². The highest BCUT2D eigenvalue weighted by atomic mass is 32.1. The number of ketones is 2. The summed E-state index contributed by atoms with van der Waals surface area (Å²) in [6.07, 6.45) is 6.01. The van der Waals surface area contributed by atoms with E-state index in [4.69, 9.17) is 15.9 Å². The smallest absolute Gasteiger partial charge is 0.231 e. The van der Waals surface area contributed by atoms with E-state index in [1.54, 1.807) is 29.7 Å². The largest absolute Gasteiger partial charge is 0.453 e. The number of hydrogen-bond donors (Lipinski definition) is 2. The molecule has 0 bridgehead atoms. The normalized spacial score (nSPS) is 12.6. The second-order valence-corrected chi connectivity index (χ2v) is 11.4. The lowest BCUT2D eigenvalue weighted by Crippen LogP contribution is -2.10. The summed E-state index contributed by atoms with van der Waals surface area (Å²) in [6.45, 7) is 3.88. The van der Waals surface area contributed by atoms with E-state index in [1.165, 1.54) is 28.2 Å². The van der Waals surface area contributed by atoms with E-state index in [-0.39, 0.29) is 11.6 Å². The fraction of sp³-hybridized carbons (Fsp3) is 0.207. The third-order valence-corrected chi connectivity index (χ3v) is 8.77. The Balaban J connectivity index is 0.000000152. The summed E-state index contributed by atoms with van der Waals surface area (Å²) in [5.74, 6) is 0.164. The number of carbonyl (C=O) groups is 2. The van der Waals surface area contributed by atoms with E-state index in [0.29, 0.717) is 38.2 Å². The van der Waals surface area contributed by atoms with Gasteiger partial charge in [0.15, 0.2) is 5.76 Å². The lowest BCUT2D eigenvalue weighted by Gasteiger charge is -2.11. The van der Waals surface area contributed by atoms with Crippen molar-refractivity contribution in [3.05, 3.63) is 98.2 Å². The van der Waals surface area contributed by atoms with Crippen LogP contribution in [0, 0.1) is 13.8 Å². The van der Waals surface area contributed by atoms with E-state index < -0.39 is 0 Å². The van der Waals surface area contributed by atoms with Crippen LogP contribution in [0.5, 0.6) is 0 Å². The number of pyridine rings is 1. The van der Waals surface area contributed by atoms with Gasteiger partial charge in [-0.05, 0) is 74.9 Å². The Labute approximate surface area is 223 Å². The van der Waals surface area contributed by atoms with Crippen LogP contribution in [0.2, 0.25) is 0 Å². The number of nitrogens with two attached hydrogens (primary N) is 2. The average molecular weight is 530 g/mol. The molecule has 0 saturated heterocycles. The quantitative estimate of drug-likeness (QED) is 0.249. The summed E-state index contributed by atoms with van der Waals surface area (Å²) in [6, 6.07) is 14.7. The molecule has 4 heterocycles. The predicted octanol–water partition coefficient (Wildman–Crippen LogP) is 6.76. The second kappa shape index (κ2) is 10.3. The molecule has 1 aromatic carbocycles. The van der Waals surface area contributed by atoms with Gasteiger partial charge in [0.05, 0.1) is 21.1 Å². The highest BCUT2D eigenvalue weighted by Gasteiger charge is 2.25. The number of carbonyl (C=O) groups excluding carboxylic acids is 2. The summed E-state index contributed by atoms with van der Waals surface area (Å²) >= 11 is 3.01. The Hall–Kier alpha value is -3.75. The van der Waals surface area contributed by atoms with E-state index >= 15 is 0 Å². The monoisotopic (exact) mass is 529 g/mol. The molecule has 188 valence electrons. The Morgan fingerprint density at radius 1 is 0.892 bits per heavy atom. The van der Waals surface area contributed by atoms with Crippen molar-refractivity contribution in [2.45, 2.75) is 39.5 Å². The van der Waals surface area contributed by atoms with Gasteiger partial charge in [-0.3, -0.25) is 14.6 Å². The second-order valence-electron chi connectivity index (χ2n) is 8.99. The number of aryl methyl sites for hydroxylation is 2. The van der Waals surface area contributed by atoms with Gasteiger partial charge in [-0.1, -0.05) is 24.3 Å². The highest BCUT2D eigenvalue weighted by Crippen LogP contribution is 2.37. The zero-order valence-electron chi connectivity index (χ0n) is 20.7. The Kier molecular flexibility index (Phi) is 6.95. The Bertz CT molecular complexity index is 1580. The van der Waals surface area contributed by atoms with Crippen molar-refractivity contribution in [2.75, 3.05) is 11.5 Å². The molecule has 4 N–H and O–H groups in total. The first-order chi connectivity index (χ1) is 17.8. The molecule has 0 saturated carbocycles. The first-order valence-electron chi connectivity index (χ1n) is 12.1. The van der Waals surface area contributed by atoms with Gasteiger partial charge in [-0.25, -0.2) is 0 Å². The number of nitrogens with zero attached hydrogens (tertiary/aromatic N) is 1. The van der Waals surface area contributed by atoms with Crippen molar-refractivity contribution in [1.29, 1.82) is 0 Å². The molecule has 8 heteroatoms. The molecule has 0 fully saturated rings. The van der Waals surface area contributed by atoms with Crippen LogP contribution in [0.4, 0.5) is 10.0 Å². The zero-order valence-corrected chi connectivity index (χ0v) is 22.3. The highest BCUT2D eigenvalue weighted by molar-refractivity contribution is 7.16. The van der Waals surface area contributed by atoms with Gasteiger partial charge >= 0.3 is 0 Å². The minimum Gasteiger partial charge on any atom is -0.453 e. The Morgan fingerprint density at radius 3 is 2.32 bits per heavy atom. The molecular formula is C29H27N3O3S2. The van der Waals surface area contributed by atoms with Gasteiger partial charge in [0.2, 0.25) is 11.6 Å². The van der Waals surface area contributed by atoms with E-state index in [1.807, 2.05) is 50.2 Å². The fourth-order valence-electron chi connectivity index (χ4n) is 4.61. The van der Waals surface area contributed by atoms with Crippen molar-refractivity contribution in [3.63, 3.8) is 0 Å². The van der Waals surface area contributed by atoms with Gasteiger partial charge in [0.1, 0.15) is 11.3 Å². The summed E-state index contributed by atoms with van der Waals surface area (Å²) in [4.78, 5) is 31.4. The summed E-state index contributed by atoms with van der Waals surface area (Å²) in [5.41, 5.74) is 16.5. The molecule has 4 aromatic heterocycles. The van der Waals surface area contributed by atoms with Crippen LogP contribution < -0.4 is 11.5 Å². The van der Waals surface area contributed by atoms with Crippen LogP contribution in [0.1, 0.15) is 65.9 Å². The number of hydrogen-bond acceptors (Lipinski definition) is 8. The number of aromatic nitrogens is 1. The number of fused-ring (bicyclic) bond motifs is 2. The molecule has 0 atom stereocenters. The molecule has 0 spiro atoms. The molecule has 1 aliphatic carbocycles. The summed E-state index contributed by atoms with van der Waals surface area (Å²) in [5, 5.41) is 2.13. The molecule has 1 aliphatic rings. The van der Waals surface area contributed by atoms with E-state index in [0.717, 1.165) is 35.1 Å².